The Morgan fingerprint density at radius 3 is 2.40 bits per heavy atom. The van der Waals surface area contributed by atoms with Gasteiger partial charge in [0.15, 0.2) is 11.0 Å². The Labute approximate surface area is 154 Å². The zero-order chi connectivity index (χ0) is 18.1. The van der Waals surface area contributed by atoms with Crippen molar-refractivity contribution in [2.45, 2.75) is 13.5 Å². The summed E-state index contributed by atoms with van der Waals surface area (Å²) in [7, 11) is 1.97. The molecule has 0 aliphatic heterocycles. The van der Waals surface area contributed by atoms with Crippen molar-refractivity contribution < 1.29 is 9.49 Å². The van der Waals surface area contributed by atoms with E-state index in [1.54, 1.807) is 12.1 Å². The first-order valence-electron chi connectivity index (χ1n) is 7.72. The maximum Gasteiger partial charge on any atom is 0.282 e. The topological polar surface area (TPSA) is 51.9 Å². The second-order valence-corrected chi connectivity index (χ2v) is 6.41. The number of aromatic nitrogens is 2. The van der Waals surface area contributed by atoms with Crippen LogP contribution in [-0.2, 0) is 13.6 Å². The summed E-state index contributed by atoms with van der Waals surface area (Å²) in [6.07, 6.45) is 3.90. The quantitative estimate of drug-likeness (QED) is 0.370. The van der Waals surface area contributed by atoms with Crippen LogP contribution in [0.5, 0.6) is 0 Å². The number of hydrogen-bond donors (Lipinski definition) is 0. The molecule has 3 aromatic rings. The van der Waals surface area contributed by atoms with Gasteiger partial charge in [-0.1, -0.05) is 23.2 Å². The molecule has 0 spiro atoms. The number of benzene rings is 2. The van der Waals surface area contributed by atoms with E-state index in [-0.39, 0.29) is 5.69 Å². The molecule has 0 bridgehead atoms. The highest BCUT2D eigenvalue weighted by atomic mass is 35.5. The van der Waals surface area contributed by atoms with Crippen LogP contribution in [0, 0.1) is 10.1 Å². The zero-order valence-corrected chi connectivity index (χ0v) is 15.3. The van der Waals surface area contributed by atoms with E-state index >= 15 is 0 Å². The molecule has 0 aliphatic rings. The van der Waals surface area contributed by atoms with E-state index in [1.165, 1.54) is 12.1 Å². The van der Waals surface area contributed by atoms with Crippen molar-refractivity contribution in [1.82, 2.24) is 4.57 Å². The normalized spacial score (nSPS) is 11.5. The van der Waals surface area contributed by atoms with E-state index in [4.69, 9.17) is 23.2 Å². The number of rotatable bonds is 4. The fraction of sp³-hybridized carbons (Fsp3) is 0.167. The van der Waals surface area contributed by atoms with Crippen LogP contribution in [0.3, 0.4) is 0 Å². The third kappa shape index (κ3) is 3.25. The molecule has 5 nitrogen and oxygen atoms in total. The molecule has 1 aromatic heterocycles. The average molecular weight is 377 g/mol. The van der Waals surface area contributed by atoms with Crippen LogP contribution in [0.15, 0.2) is 36.4 Å². The van der Waals surface area contributed by atoms with Gasteiger partial charge in [0, 0.05) is 30.3 Å². The van der Waals surface area contributed by atoms with E-state index in [0.29, 0.717) is 10.0 Å². The number of fused-ring (bicyclic) bond motifs is 1. The number of nitro benzene ring substituents is 1. The van der Waals surface area contributed by atoms with E-state index < -0.39 is 4.92 Å². The molecule has 7 heteroatoms. The van der Waals surface area contributed by atoms with Crippen molar-refractivity contribution in [3.8, 4) is 0 Å². The predicted molar refractivity (Wildman–Crippen MR) is 101 cm³/mol. The van der Waals surface area contributed by atoms with E-state index in [2.05, 4.69) is 11.5 Å². The summed E-state index contributed by atoms with van der Waals surface area (Å²) in [6.45, 7) is 2.83. The van der Waals surface area contributed by atoms with Gasteiger partial charge in [-0.3, -0.25) is 10.1 Å². The second kappa shape index (κ2) is 6.86. The van der Waals surface area contributed by atoms with Gasteiger partial charge < -0.3 is 0 Å². The van der Waals surface area contributed by atoms with Gasteiger partial charge in [-0.2, -0.15) is 0 Å². The number of non-ortho nitro benzene ring substituents is 1. The minimum atomic E-state index is -0.407. The third-order valence-corrected chi connectivity index (χ3v) is 4.86. The van der Waals surface area contributed by atoms with Crippen LogP contribution < -0.4 is 4.57 Å². The molecule has 0 N–H and O–H groups in total. The Kier molecular flexibility index (Phi) is 4.79. The maximum atomic E-state index is 10.7. The molecule has 2 aromatic carbocycles. The van der Waals surface area contributed by atoms with E-state index in [9.17, 15) is 10.1 Å². The lowest BCUT2D eigenvalue weighted by molar-refractivity contribution is -0.647. The molecular weight excluding hydrogens is 361 g/mol. The van der Waals surface area contributed by atoms with Gasteiger partial charge in [-0.15, -0.1) is 0 Å². The summed E-state index contributed by atoms with van der Waals surface area (Å²) in [5.74, 6) is 0.981. The van der Waals surface area contributed by atoms with Gasteiger partial charge in [-0.05, 0) is 30.7 Å². The van der Waals surface area contributed by atoms with Crippen molar-refractivity contribution in [3.05, 3.63) is 67.9 Å². The average Bonchev–Trinajstić information content (AvgIpc) is 2.85. The molecule has 0 amide bonds. The Morgan fingerprint density at radius 2 is 1.80 bits per heavy atom. The molecule has 0 unspecified atom stereocenters. The zero-order valence-electron chi connectivity index (χ0n) is 13.7. The first-order chi connectivity index (χ1) is 11.9. The number of halogens is 2. The number of aryl methyl sites for hydroxylation is 2. The smallest absolute Gasteiger partial charge is 0.258 e. The first-order valence-corrected chi connectivity index (χ1v) is 8.47. The molecular formula is C18H16Cl2N3O2+. The van der Waals surface area contributed by atoms with Crippen LogP contribution in [0.2, 0.25) is 10.0 Å². The van der Waals surface area contributed by atoms with E-state index in [1.807, 2.05) is 35.9 Å². The molecule has 1 heterocycles. The lowest BCUT2D eigenvalue weighted by Crippen LogP contribution is -2.31. The Morgan fingerprint density at radius 1 is 1.16 bits per heavy atom. The largest absolute Gasteiger partial charge is 0.282 e. The summed E-state index contributed by atoms with van der Waals surface area (Å²) < 4.78 is 4.18. The highest BCUT2D eigenvalue weighted by Gasteiger charge is 2.21. The lowest BCUT2D eigenvalue weighted by atomic mass is 10.2. The first kappa shape index (κ1) is 17.5. The van der Waals surface area contributed by atoms with Gasteiger partial charge in [0.1, 0.15) is 0 Å². The standard InChI is InChI=1S/C18H16Cl2N3O2/c1-3-22-17-11-15(20)14(19)10-16(17)21(2)18(22)9-6-12-4-7-13(8-5-12)23(24)25/h4-11H,3H2,1-2H3/q+1. The number of nitro groups is 1. The van der Waals surface area contributed by atoms with E-state index in [0.717, 1.165) is 29.0 Å². The monoisotopic (exact) mass is 376 g/mol. The molecule has 0 aliphatic carbocycles. The highest BCUT2D eigenvalue weighted by molar-refractivity contribution is 6.42. The minimum absolute atomic E-state index is 0.0784. The van der Waals surface area contributed by atoms with Crippen LogP contribution in [0.4, 0.5) is 5.69 Å². The predicted octanol–water partition coefficient (Wildman–Crippen LogP) is 4.87. The minimum Gasteiger partial charge on any atom is -0.258 e. The van der Waals surface area contributed by atoms with Crippen molar-refractivity contribution in [2.75, 3.05) is 0 Å². The van der Waals surface area contributed by atoms with Crippen LogP contribution in [0.25, 0.3) is 23.2 Å². The van der Waals surface area contributed by atoms with Gasteiger partial charge in [0.2, 0.25) is 0 Å². The highest BCUT2D eigenvalue weighted by Crippen LogP contribution is 2.28. The Hall–Kier alpha value is -2.37. The molecule has 0 radical (unpaired) electrons. The number of hydrogen-bond acceptors (Lipinski definition) is 2. The lowest BCUT2D eigenvalue weighted by Gasteiger charge is -1.97. The summed E-state index contributed by atoms with van der Waals surface area (Å²) >= 11 is 12.3. The molecule has 0 saturated carbocycles. The summed E-state index contributed by atoms with van der Waals surface area (Å²) in [6, 6.07) is 10.2. The van der Waals surface area contributed by atoms with Gasteiger partial charge in [0.25, 0.3) is 11.5 Å². The third-order valence-electron chi connectivity index (χ3n) is 4.13. The molecule has 0 fully saturated rings. The van der Waals surface area contributed by atoms with Crippen LogP contribution in [-0.4, -0.2) is 9.49 Å². The molecule has 3 rings (SSSR count). The van der Waals surface area contributed by atoms with Crippen molar-refractivity contribution >= 4 is 52.1 Å². The van der Waals surface area contributed by atoms with Crippen molar-refractivity contribution in [2.24, 2.45) is 7.05 Å². The van der Waals surface area contributed by atoms with Gasteiger partial charge in [0.05, 0.1) is 28.6 Å². The molecule has 25 heavy (non-hydrogen) atoms. The summed E-state index contributed by atoms with van der Waals surface area (Å²) in [4.78, 5) is 10.3. The SMILES string of the molecule is CCn1c(C=Cc2ccc([N+](=O)[O-])cc2)[n+](C)c2cc(Cl)c(Cl)cc21. The van der Waals surface area contributed by atoms with Gasteiger partial charge >= 0.3 is 0 Å². The Balaban J connectivity index is 2.06. The molecule has 0 atom stereocenters. The van der Waals surface area contributed by atoms with Crippen molar-refractivity contribution in [1.29, 1.82) is 0 Å². The number of imidazole rings is 1. The summed E-state index contributed by atoms with van der Waals surface area (Å²) in [5, 5.41) is 11.8. The second-order valence-electron chi connectivity index (χ2n) is 5.60. The fourth-order valence-corrected chi connectivity index (χ4v) is 3.17. The van der Waals surface area contributed by atoms with Crippen molar-refractivity contribution in [3.63, 3.8) is 0 Å². The van der Waals surface area contributed by atoms with Crippen LogP contribution in [0.1, 0.15) is 18.3 Å². The molecule has 0 saturated heterocycles. The maximum absolute atomic E-state index is 10.7. The molecule has 128 valence electrons. The Bertz CT molecular complexity index is 992. The van der Waals surface area contributed by atoms with Gasteiger partial charge in [-0.25, -0.2) is 9.13 Å². The van der Waals surface area contributed by atoms with Crippen LogP contribution >= 0.6 is 23.2 Å². The number of nitrogens with zero attached hydrogens (tertiary/aromatic N) is 3. The summed E-state index contributed by atoms with van der Waals surface area (Å²) in [5.41, 5.74) is 2.95. The fourth-order valence-electron chi connectivity index (χ4n) is 2.85.